The van der Waals surface area contributed by atoms with Gasteiger partial charge in [-0.05, 0) is 55.9 Å². The van der Waals surface area contributed by atoms with Crippen LogP contribution in [-0.2, 0) is 14.3 Å². The molecule has 1 saturated heterocycles. The highest BCUT2D eigenvalue weighted by Crippen LogP contribution is 2.52. The van der Waals surface area contributed by atoms with Gasteiger partial charge in [-0.15, -0.1) is 11.8 Å². The topological polar surface area (TPSA) is 81.4 Å². The molecule has 1 fully saturated rings. The molecule has 2 aliphatic heterocycles. The number of amides is 2. The van der Waals surface area contributed by atoms with Gasteiger partial charge in [0.05, 0.1) is 5.92 Å². The zero-order valence-electron chi connectivity index (χ0n) is 13.7. The zero-order chi connectivity index (χ0) is 16.4. The minimum Gasteiger partial charge on any atom is -0.369 e. The van der Waals surface area contributed by atoms with Gasteiger partial charge in [0.1, 0.15) is 11.0 Å². The van der Waals surface area contributed by atoms with Crippen LogP contribution in [0, 0.1) is 5.92 Å². The number of hydrogen-bond acceptors (Lipinski definition) is 4. The first-order valence-electron chi connectivity index (χ1n) is 8.65. The highest BCUT2D eigenvalue weighted by molar-refractivity contribution is 8.04. The van der Waals surface area contributed by atoms with Gasteiger partial charge in [-0.25, -0.2) is 0 Å². The molecule has 23 heavy (non-hydrogen) atoms. The van der Waals surface area contributed by atoms with E-state index in [-0.39, 0.29) is 17.9 Å². The molecule has 3 unspecified atom stereocenters. The Morgan fingerprint density at radius 2 is 1.96 bits per heavy atom. The standard InChI is InChI=1S/C17H26N2O3S/c1-17(19-16(21)12-8-6-10-22-12)14(15(18)20)11-7-4-2-3-5-9-13(11)23-17/h12,14H,2-10H2,1H3,(H2,18,20)(H,19,21). The molecule has 128 valence electrons. The lowest BCUT2D eigenvalue weighted by atomic mass is 9.85. The molecule has 0 aromatic heterocycles. The van der Waals surface area contributed by atoms with Crippen LogP contribution in [0.4, 0.5) is 0 Å². The van der Waals surface area contributed by atoms with E-state index in [2.05, 4.69) is 5.32 Å². The number of nitrogens with two attached hydrogens (primary N) is 1. The maximum absolute atomic E-state index is 12.5. The Kier molecular flexibility index (Phi) is 5.01. The molecule has 0 spiro atoms. The quantitative estimate of drug-likeness (QED) is 0.828. The van der Waals surface area contributed by atoms with Crippen LogP contribution < -0.4 is 11.1 Å². The van der Waals surface area contributed by atoms with Crippen molar-refractivity contribution < 1.29 is 14.3 Å². The number of primary amides is 1. The normalized spacial score (nSPS) is 34.7. The second-order valence-electron chi connectivity index (χ2n) is 6.90. The van der Waals surface area contributed by atoms with E-state index in [0.29, 0.717) is 6.61 Å². The summed E-state index contributed by atoms with van der Waals surface area (Å²) in [5.41, 5.74) is 6.89. The molecule has 0 radical (unpaired) electrons. The average molecular weight is 338 g/mol. The van der Waals surface area contributed by atoms with E-state index < -0.39 is 10.8 Å². The van der Waals surface area contributed by atoms with Gasteiger partial charge in [0.25, 0.3) is 0 Å². The highest BCUT2D eigenvalue weighted by atomic mass is 32.2. The summed E-state index contributed by atoms with van der Waals surface area (Å²) in [5, 5.41) is 3.08. The molecule has 3 aliphatic rings. The first-order valence-corrected chi connectivity index (χ1v) is 9.47. The summed E-state index contributed by atoms with van der Waals surface area (Å²) in [4.78, 5) is 25.3. The van der Waals surface area contributed by atoms with Gasteiger partial charge in [0.2, 0.25) is 11.8 Å². The predicted molar refractivity (Wildman–Crippen MR) is 90.5 cm³/mol. The summed E-state index contributed by atoms with van der Waals surface area (Å²) in [6, 6.07) is 0. The first kappa shape index (κ1) is 16.8. The molecule has 0 bridgehead atoms. The van der Waals surface area contributed by atoms with Crippen LogP contribution >= 0.6 is 11.8 Å². The van der Waals surface area contributed by atoms with Crippen molar-refractivity contribution in [3.05, 3.63) is 10.5 Å². The number of nitrogens with one attached hydrogen (secondary N) is 1. The Hall–Kier alpha value is -1.01. The van der Waals surface area contributed by atoms with Gasteiger partial charge in [0, 0.05) is 6.61 Å². The van der Waals surface area contributed by atoms with Gasteiger partial charge in [-0.2, -0.15) is 0 Å². The SMILES string of the molecule is CC1(NC(=O)C2CCCO2)SC2=C(CCCCCC2)C1C(N)=O. The summed E-state index contributed by atoms with van der Waals surface area (Å²) in [7, 11) is 0. The smallest absolute Gasteiger partial charge is 0.250 e. The second kappa shape index (κ2) is 6.85. The Labute approximate surface area is 141 Å². The van der Waals surface area contributed by atoms with Crippen LogP contribution in [0.1, 0.15) is 58.3 Å². The fourth-order valence-electron chi connectivity index (χ4n) is 3.97. The van der Waals surface area contributed by atoms with Crippen LogP contribution in [0.2, 0.25) is 0 Å². The molecule has 2 heterocycles. The number of ether oxygens (including phenoxy) is 1. The maximum atomic E-state index is 12.5. The van der Waals surface area contributed by atoms with Crippen molar-refractivity contribution in [3.8, 4) is 0 Å². The van der Waals surface area contributed by atoms with Crippen molar-refractivity contribution in [2.24, 2.45) is 11.7 Å². The minimum atomic E-state index is -0.677. The Morgan fingerprint density at radius 3 is 2.61 bits per heavy atom. The number of rotatable bonds is 3. The van der Waals surface area contributed by atoms with Crippen molar-refractivity contribution in [1.82, 2.24) is 5.32 Å². The Balaban J connectivity index is 1.80. The van der Waals surface area contributed by atoms with Crippen molar-refractivity contribution >= 4 is 23.6 Å². The van der Waals surface area contributed by atoms with Crippen LogP contribution in [0.3, 0.4) is 0 Å². The van der Waals surface area contributed by atoms with E-state index in [1.165, 1.54) is 17.7 Å². The lowest BCUT2D eigenvalue weighted by molar-refractivity contribution is -0.132. The lowest BCUT2D eigenvalue weighted by Crippen LogP contribution is -2.54. The van der Waals surface area contributed by atoms with Gasteiger partial charge >= 0.3 is 0 Å². The summed E-state index contributed by atoms with van der Waals surface area (Å²) in [6.07, 6.45) is 7.87. The van der Waals surface area contributed by atoms with Crippen LogP contribution in [0.5, 0.6) is 0 Å². The van der Waals surface area contributed by atoms with Crippen LogP contribution in [0.15, 0.2) is 10.5 Å². The molecular formula is C17H26N2O3S. The molecule has 0 aromatic carbocycles. The minimum absolute atomic E-state index is 0.112. The zero-order valence-corrected chi connectivity index (χ0v) is 14.5. The average Bonchev–Trinajstić information content (AvgIpc) is 3.06. The molecular weight excluding hydrogens is 312 g/mol. The number of carbonyl (C=O) groups excluding carboxylic acids is 2. The van der Waals surface area contributed by atoms with E-state index in [9.17, 15) is 9.59 Å². The predicted octanol–water partition coefficient (Wildman–Crippen LogP) is 2.45. The fourth-order valence-corrected chi connectivity index (χ4v) is 5.61. The molecule has 2 amide bonds. The van der Waals surface area contributed by atoms with Crippen LogP contribution in [-0.4, -0.2) is 29.4 Å². The van der Waals surface area contributed by atoms with Gasteiger partial charge in [-0.3, -0.25) is 9.59 Å². The third-order valence-electron chi connectivity index (χ3n) is 5.07. The summed E-state index contributed by atoms with van der Waals surface area (Å²) in [5.74, 6) is -0.858. The van der Waals surface area contributed by atoms with E-state index in [1.807, 2.05) is 6.92 Å². The van der Waals surface area contributed by atoms with Crippen molar-refractivity contribution in [2.75, 3.05) is 6.61 Å². The van der Waals surface area contributed by atoms with Crippen LogP contribution in [0.25, 0.3) is 0 Å². The lowest BCUT2D eigenvalue weighted by Gasteiger charge is -2.32. The molecule has 3 atom stereocenters. The van der Waals surface area contributed by atoms with E-state index in [0.717, 1.165) is 44.1 Å². The summed E-state index contributed by atoms with van der Waals surface area (Å²) in [6.45, 7) is 2.57. The Morgan fingerprint density at radius 1 is 1.22 bits per heavy atom. The fraction of sp³-hybridized carbons (Fsp3) is 0.765. The van der Waals surface area contributed by atoms with Gasteiger partial charge in [-0.1, -0.05) is 12.8 Å². The van der Waals surface area contributed by atoms with E-state index in [1.54, 1.807) is 11.8 Å². The number of carbonyl (C=O) groups is 2. The first-order chi connectivity index (χ1) is 11.0. The monoisotopic (exact) mass is 338 g/mol. The van der Waals surface area contributed by atoms with Crippen molar-refractivity contribution in [2.45, 2.75) is 69.3 Å². The molecule has 3 rings (SSSR count). The molecule has 0 saturated carbocycles. The third kappa shape index (κ3) is 3.43. The van der Waals surface area contributed by atoms with Gasteiger partial charge in [0.15, 0.2) is 0 Å². The second-order valence-corrected chi connectivity index (χ2v) is 8.44. The molecule has 0 aromatic rings. The number of thioether (sulfide) groups is 1. The van der Waals surface area contributed by atoms with Crippen molar-refractivity contribution in [1.29, 1.82) is 0 Å². The molecule has 1 aliphatic carbocycles. The number of hydrogen-bond donors (Lipinski definition) is 2. The summed E-state index contributed by atoms with van der Waals surface area (Å²) < 4.78 is 5.47. The Bertz CT molecular complexity index is 528. The molecule has 5 nitrogen and oxygen atoms in total. The molecule has 6 heteroatoms. The highest BCUT2D eigenvalue weighted by Gasteiger charge is 2.49. The third-order valence-corrected chi connectivity index (χ3v) is 6.55. The maximum Gasteiger partial charge on any atom is 0.250 e. The van der Waals surface area contributed by atoms with Crippen molar-refractivity contribution in [3.63, 3.8) is 0 Å². The molecule has 3 N–H and O–H groups in total. The van der Waals surface area contributed by atoms with E-state index in [4.69, 9.17) is 10.5 Å². The number of allylic oxidation sites excluding steroid dienone is 1. The largest absolute Gasteiger partial charge is 0.369 e. The van der Waals surface area contributed by atoms with Gasteiger partial charge < -0.3 is 15.8 Å². The van der Waals surface area contributed by atoms with E-state index >= 15 is 0 Å². The summed E-state index contributed by atoms with van der Waals surface area (Å²) >= 11 is 1.63.